The van der Waals surface area contributed by atoms with E-state index in [2.05, 4.69) is 26.8 Å². The highest BCUT2D eigenvalue weighted by atomic mass is 19.1. The Labute approximate surface area is 167 Å². The molecule has 2 N–H and O–H groups in total. The van der Waals surface area contributed by atoms with Gasteiger partial charge in [-0.25, -0.2) is 9.97 Å². The highest BCUT2D eigenvalue weighted by molar-refractivity contribution is 6.05. The number of nitrogens with one attached hydrogen (secondary N) is 1. The van der Waals surface area contributed by atoms with E-state index in [0.29, 0.717) is 28.9 Å². The Balaban J connectivity index is 2.00. The largest absolute Gasteiger partial charge is 0.439 e. The molecule has 3 aromatic heterocycles. The molecule has 1 amide bonds. The average molecular weight is 399 g/mol. The second-order valence-electron chi connectivity index (χ2n) is 6.49. The topological polar surface area (TPSA) is 102 Å². The lowest BCUT2D eigenvalue weighted by molar-refractivity contribution is 0.0945. The Morgan fingerprint density at radius 1 is 1.41 bits per heavy atom. The molecule has 0 aliphatic rings. The van der Waals surface area contributed by atoms with E-state index in [9.17, 15) is 9.18 Å². The summed E-state index contributed by atoms with van der Waals surface area (Å²) in [6.07, 6.45) is 4.04. The van der Waals surface area contributed by atoms with Gasteiger partial charge in [-0.2, -0.15) is 4.39 Å². The van der Waals surface area contributed by atoms with Crippen LogP contribution in [0.5, 0.6) is 5.88 Å². The predicted molar refractivity (Wildman–Crippen MR) is 105 cm³/mol. The van der Waals surface area contributed by atoms with Crippen LogP contribution in [0, 0.1) is 13.8 Å². The maximum absolute atomic E-state index is 13.5. The third-order valence-corrected chi connectivity index (χ3v) is 4.37. The summed E-state index contributed by atoms with van der Waals surface area (Å²) in [5.41, 5.74) is 3.84. The number of hydrogen-bond acceptors (Lipinski definition) is 6. The highest BCUT2D eigenvalue weighted by Crippen LogP contribution is 2.24. The van der Waals surface area contributed by atoms with Crippen molar-refractivity contribution in [3.8, 4) is 5.88 Å². The van der Waals surface area contributed by atoms with Gasteiger partial charge in [0.2, 0.25) is 5.88 Å². The van der Waals surface area contributed by atoms with Crippen LogP contribution in [0.25, 0.3) is 11.0 Å². The average Bonchev–Trinajstić information content (AvgIpc) is 3.06. The maximum Gasteiger partial charge on any atom is 0.259 e. The molecule has 3 rings (SSSR count). The van der Waals surface area contributed by atoms with Crippen molar-refractivity contribution in [3.63, 3.8) is 0 Å². The molecule has 8 nitrogen and oxygen atoms in total. The number of pyridine rings is 1. The molecule has 1 atom stereocenters. The van der Waals surface area contributed by atoms with Gasteiger partial charge in [0, 0.05) is 24.5 Å². The third kappa shape index (κ3) is 4.40. The van der Waals surface area contributed by atoms with Crippen LogP contribution in [0.3, 0.4) is 0 Å². The zero-order valence-electron chi connectivity index (χ0n) is 16.2. The van der Waals surface area contributed by atoms with Gasteiger partial charge in [0.05, 0.1) is 29.9 Å². The number of aromatic nitrogens is 4. The van der Waals surface area contributed by atoms with E-state index in [1.165, 1.54) is 6.33 Å². The Kier molecular flexibility index (Phi) is 6.18. The van der Waals surface area contributed by atoms with Crippen molar-refractivity contribution >= 4 is 16.9 Å². The summed E-state index contributed by atoms with van der Waals surface area (Å²) in [5.74, 6) is -0.192. The molecule has 3 heterocycles. The molecule has 3 aromatic rings. The van der Waals surface area contributed by atoms with Crippen LogP contribution in [-0.4, -0.2) is 50.0 Å². The summed E-state index contributed by atoms with van der Waals surface area (Å²) < 4.78 is 20.5. The number of hydrogen-bond donors (Lipinski definition) is 2. The van der Waals surface area contributed by atoms with Crippen LogP contribution >= 0.6 is 0 Å². The van der Waals surface area contributed by atoms with Crippen LogP contribution in [0.1, 0.15) is 27.2 Å². The molecule has 0 fully saturated rings. The Morgan fingerprint density at radius 3 is 2.93 bits per heavy atom. The lowest BCUT2D eigenvalue weighted by atomic mass is 10.2. The van der Waals surface area contributed by atoms with E-state index < -0.39 is 6.36 Å². The first-order valence-electron chi connectivity index (χ1n) is 9.03. The van der Waals surface area contributed by atoms with Crippen LogP contribution in [0.4, 0.5) is 4.39 Å². The first-order chi connectivity index (χ1) is 13.9. The first-order valence-corrected chi connectivity index (χ1v) is 9.03. The fourth-order valence-corrected chi connectivity index (χ4v) is 2.89. The number of carbonyl (C=O) groups excluding carboxylic acids is 1. The van der Waals surface area contributed by atoms with Gasteiger partial charge in [0.1, 0.15) is 11.8 Å². The second-order valence-corrected chi connectivity index (χ2v) is 6.49. The van der Waals surface area contributed by atoms with Gasteiger partial charge in [-0.05, 0) is 31.6 Å². The molecule has 0 aliphatic carbocycles. The Bertz CT molecular complexity index is 1050. The predicted octanol–water partition coefficient (Wildman–Crippen LogP) is 2.07. The fourth-order valence-electron chi connectivity index (χ4n) is 2.89. The summed E-state index contributed by atoms with van der Waals surface area (Å²) in [5, 5.41) is 11.6. The quantitative estimate of drug-likeness (QED) is 0.562. The first kappa shape index (κ1) is 20.4. The summed E-state index contributed by atoms with van der Waals surface area (Å²) >= 11 is 0. The van der Waals surface area contributed by atoms with E-state index >= 15 is 0 Å². The zero-order chi connectivity index (χ0) is 21.0. The molecule has 0 aliphatic heterocycles. The number of nitrogens with zero attached hydrogens (tertiary/aromatic N) is 4. The summed E-state index contributed by atoms with van der Waals surface area (Å²) in [6, 6.07) is 1.92. The number of rotatable bonds is 8. The monoisotopic (exact) mass is 399 g/mol. The van der Waals surface area contributed by atoms with Crippen molar-refractivity contribution in [1.82, 2.24) is 24.8 Å². The standard InChI is InChI=1S/C20H22FN5O3/c1-4-17(21)29-20-13(3)15(24-11-25-20)10-26-9-14(19(28)22-5-6-27)18-16(26)7-12(2)8-23-18/h4,7-9,11,17,27H,1,5-6,10H2,2-3H3,(H,22,28). The minimum Gasteiger partial charge on any atom is -0.439 e. The van der Waals surface area contributed by atoms with Crippen LogP contribution < -0.4 is 10.1 Å². The SMILES string of the molecule is C=CC(F)Oc1ncnc(Cn2cc(C(=O)NCCO)c3ncc(C)cc32)c1C. The second kappa shape index (κ2) is 8.78. The molecule has 0 saturated carbocycles. The highest BCUT2D eigenvalue weighted by Gasteiger charge is 2.18. The minimum absolute atomic E-state index is 0.133. The molecule has 9 heteroatoms. The Hall–Kier alpha value is -3.33. The van der Waals surface area contributed by atoms with E-state index in [0.717, 1.165) is 17.2 Å². The van der Waals surface area contributed by atoms with Crippen LogP contribution in [0.2, 0.25) is 0 Å². The van der Waals surface area contributed by atoms with Gasteiger partial charge in [-0.3, -0.25) is 9.78 Å². The van der Waals surface area contributed by atoms with Gasteiger partial charge in [0.15, 0.2) is 0 Å². The molecule has 152 valence electrons. The third-order valence-electron chi connectivity index (χ3n) is 4.37. The van der Waals surface area contributed by atoms with Crippen molar-refractivity contribution in [3.05, 3.63) is 59.8 Å². The van der Waals surface area contributed by atoms with E-state index in [-0.39, 0.29) is 24.9 Å². The number of aliphatic hydroxyl groups is 1. The Morgan fingerprint density at radius 2 is 2.21 bits per heavy atom. The smallest absolute Gasteiger partial charge is 0.259 e. The van der Waals surface area contributed by atoms with Crippen molar-refractivity contribution in [2.45, 2.75) is 26.7 Å². The molecule has 1 unspecified atom stereocenters. The molecular formula is C20H22FN5O3. The fraction of sp³-hybridized carbons (Fsp3) is 0.300. The summed E-state index contributed by atoms with van der Waals surface area (Å²) in [7, 11) is 0. The number of alkyl halides is 1. The van der Waals surface area contributed by atoms with Gasteiger partial charge in [-0.1, -0.05) is 6.58 Å². The molecular weight excluding hydrogens is 377 g/mol. The number of aliphatic hydroxyl groups excluding tert-OH is 1. The molecule has 0 aromatic carbocycles. The number of amides is 1. The lowest BCUT2D eigenvalue weighted by Crippen LogP contribution is -2.26. The van der Waals surface area contributed by atoms with Crippen molar-refractivity contribution < 1.29 is 19.0 Å². The minimum atomic E-state index is -1.67. The van der Waals surface area contributed by atoms with Gasteiger partial charge < -0.3 is 19.7 Å². The zero-order valence-corrected chi connectivity index (χ0v) is 16.2. The number of ether oxygens (including phenoxy) is 1. The van der Waals surface area contributed by atoms with Crippen LogP contribution in [-0.2, 0) is 6.54 Å². The number of fused-ring (bicyclic) bond motifs is 1. The van der Waals surface area contributed by atoms with Crippen molar-refractivity contribution in [1.29, 1.82) is 0 Å². The van der Waals surface area contributed by atoms with Crippen molar-refractivity contribution in [2.75, 3.05) is 13.2 Å². The normalized spacial score (nSPS) is 12.0. The van der Waals surface area contributed by atoms with Gasteiger partial charge in [-0.15, -0.1) is 0 Å². The molecule has 0 bridgehead atoms. The van der Waals surface area contributed by atoms with Gasteiger partial charge >= 0.3 is 0 Å². The maximum atomic E-state index is 13.5. The lowest BCUT2D eigenvalue weighted by Gasteiger charge is -2.12. The van der Waals surface area contributed by atoms with E-state index in [1.54, 1.807) is 19.3 Å². The van der Waals surface area contributed by atoms with Crippen molar-refractivity contribution in [2.24, 2.45) is 0 Å². The number of halogens is 1. The van der Waals surface area contributed by atoms with Crippen LogP contribution in [0.15, 0.2) is 37.4 Å². The number of aryl methyl sites for hydroxylation is 1. The van der Waals surface area contributed by atoms with E-state index in [4.69, 9.17) is 9.84 Å². The molecule has 0 saturated heterocycles. The number of carbonyl (C=O) groups is 1. The molecule has 0 spiro atoms. The van der Waals surface area contributed by atoms with E-state index in [1.807, 2.05) is 17.6 Å². The molecule has 0 radical (unpaired) electrons. The summed E-state index contributed by atoms with van der Waals surface area (Å²) in [6.45, 7) is 7.31. The van der Waals surface area contributed by atoms with Gasteiger partial charge in [0.25, 0.3) is 12.3 Å². The summed E-state index contributed by atoms with van der Waals surface area (Å²) in [4.78, 5) is 25.1. The molecule has 29 heavy (non-hydrogen) atoms.